The molecule has 0 saturated heterocycles. The van der Waals surface area contributed by atoms with E-state index in [0.29, 0.717) is 6.61 Å². The van der Waals surface area contributed by atoms with Gasteiger partial charge in [0.2, 0.25) is 0 Å². The molecule has 0 aromatic carbocycles. The summed E-state index contributed by atoms with van der Waals surface area (Å²) in [5.41, 5.74) is 6.95. The first-order valence-corrected chi connectivity index (χ1v) is 4.51. The number of pyridine rings is 1. The van der Waals surface area contributed by atoms with Crippen LogP contribution in [0, 0.1) is 6.92 Å². The Morgan fingerprint density at radius 1 is 1.54 bits per heavy atom. The van der Waals surface area contributed by atoms with Crippen molar-refractivity contribution in [2.24, 2.45) is 5.73 Å². The van der Waals surface area contributed by atoms with E-state index in [1.54, 1.807) is 6.20 Å². The quantitative estimate of drug-likeness (QED) is 0.758. The highest BCUT2D eigenvalue weighted by molar-refractivity contribution is 5.22. The molecule has 0 radical (unpaired) electrons. The van der Waals surface area contributed by atoms with Gasteiger partial charge in [-0.2, -0.15) is 0 Å². The fourth-order valence-corrected chi connectivity index (χ4v) is 1.14. The molecule has 0 unspecified atom stereocenters. The van der Waals surface area contributed by atoms with Gasteiger partial charge in [0.1, 0.15) is 12.4 Å². The van der Waals surface area contributed by atoms with Gasteiger partial charge >= 0.3 is 0 Å². The number of rotatable bonds is 3. The third-order valence-electron chi connectivity index (χ3n) is 2.27. The molecule has 13 heavy (non-hydrogen) atoms. The standard InChI is InChI=1S/C10H14N2O/c1-8-4-9(6-12-5-8)13-7-10(11)2-3-10/h4-6H,2-3,7,11H2,1H3. The van der Waals surface area contributed by atoms with Gasteiger partial charge in [-0.05, 0) is 31.4 Å². The van der Waals surface area contributed by atoms with Crippen molar-refractivity contribution in [1.29, 1.82) is 0 Å². The van der Waals surface area contributed by atoms with Crippen molar-refractivity contribution in [3.63, 3.8) is 0 Å². The Morgan fingerprint density at radius 3 is 2.92 bits per heavy atom. The first-order valence-electron chi connectivity index (χ1n) is 4.51. The summed E-state index contributed by atoms with van der Waals surface area (Å²) in [6.45, 7) is 2.60. The van der Waals surface area contributed by atoms with Gasteiger partial charge in [-0.1, -0.05) is 0 Å². The van der Waals surface area contributed by atoms with Crippen molar-refractivity contribution < 1.29 is 4.74 Å². The van der Waals surface area contributed by atoms with Crippen molar-refractivity contribution >= 4 is 0 Å². The molecular formula is C10H14N2O. The van der Waals surface area contributed by atoms with Crippen molar-refractivity contribution in [2.75, 3.05) is 6.61 Å². The van der Waals surface area contributed by atoms with E-state index in [4.69, 9.17) is 10.5 Å². The third kappa shape index (κ3) is 2.18. The zero-order valence-electron chi connectivity index (χ0n) is 7.79. The summed E-state index contributed by atoms with van der Waals surface area (Å²) in [5, 5.41) is 0. The maximum Gasteiger partial charge on any atom is 0.137 e. The van der Waals surface area contributed by atoms with Crippen LogP contribution in [0.25, 0.3) is 0 Å². The highest BCUT2D eigenvalue weighted by Gasteiger charge is 2.39. The van der Waals surface area contributed by atoms with Crippen LogP contribution in [-0.4, -0.2) is 17.1 Å². The van der Waals surface area contributed by atoms with E-state index in [2.05, 4.69) is 4.98 Å². The Labute approximate surface area is 77.9 Å². The maximum absolute atomic E-state index is 5.89. The van der Waals surface area contributed by atoms with Gasteiger partial charge in [-0.3, -0.25) is 4.98 Å². The smallest absolute Gasteiger partial charge is 0.137 e. The minimum atomic E-state index is -0.0518. The van der Waals surface area contributed by atoms with E-state index in [9.17, 15) is 0 Å². The SMILES string of the molecule is Cc1cncc(OCC2(N)CC2)c1. The van der Waals surface area contributed by atoms with Gasteiger partial charge in [0, 0.05) is 6.20 Å². The summed E-state index contributed by atoms with van der Waals surface area (Å²) >= 11 is 0. The first kappa shape index (κ1) is 8.51. The molecule has 1 aromatic rings. The second-order valence-electron chi connectivity index (χ2n) is 3.85. The van der Waals surface area contributed by atoms with E-state index >= 15 is 0 Å². The van der Waals surface area contributed by atoms with Crippen molar-refractivity contribution in [1.82, 2.24) is 4.98 Å². The Morgan fingerprint density at radius 2 is 2.31 bits per heavy atom. The number of nitrogens with two attached hydrogens (primary N) is 1. The van der Waals surface area contributed by atoms with Crippen LogP contribution in [-0.2, 0) is 0 Å². The lowest BCUT2D eigenvalue weighted by atomic mass is 10.3. The van der Waals surface area contributed by atoms with Crippen molar-refractivity contribution in [3.8, 4) is 5.75 Å². The Bertz CT molecular complexity index is 308. The Hall–Kier alpha value is -1.09. The van der Waals surface area contributed by atoms with Crippen molar-refractivity contribution in [3.05, 3.63) is 24.0 Å². The molecule has 1 aliphatic rings. The molecule has 1 fully saturated rings. The molecule has 2 rings (SSSR count). The fourth-order valence-electron chi connectivity index (χ4n) is 1.14. The zero-order chi connectivity index (χ0) is 9.31. The van der Waals surface area contributed by atoms with Crippen LogP contribution in [0.15, 0.2) is 18.5 Å². The van der Waals surface area contributed by atoms with Gasteiger partial charge in [0.15, 0.2) is 0 Å². The Balaban J connectivity index is 1.94. The molecule has 1 heterocycles. The molecule has 0 bridgehead atoms. The predicted octanol–water partition coefficient (Wildman–Crippen LogP) is 1.26. The van der Waals surface area contributed by atoms with E-state index < -0.39 is 0 Å². The predicted molar refractivity (Wildman–Crippen MR) is 50.6 cm³/mol. The van der Waals surface area contributed by atoms with Crippen LogP contribution in [0.4, 0.5) is 0 Å². The molecule has 70 valence electrons. The summed E-state index contributed by atoms with van der Waals surface area (Å²) in [7, 11) is 0. The number of ether oxygens (including phenoxy) is 1. The fraction of sp³-hybridized carbons (Fsp3) is 0.500. The van der Waals surface area contributed by atoms with Crippen LogP contribution in [0.1, 0.15) is 18.4 Å². The number of aryl methyl sites for hydroxylation is 1. The van der Waals surface area contributed by atoms with Crippen LogP contribution in [0.5, 0.6) is 5.75 Å². The molecule has 0 atom stereocenters. The van der Waals surface area contributed by atoms with Gasteiger partial charge in [0.05, 0.1) is 11.7 Å². The molecule has 3 nitrogen and oxygen atoms in total. The third-order valence-corrected chi connectivity index (χ3v) is 2.27. The minimum Gasteiger partial charge on any atom is -0.490 e. The number of nitrogens with zero attached hydrogens (tertiary/aromatic N) is 1. The van der Waals surface area contributed by atoms with E-state index in [1.165, 1.54) is 0 Å². The average molecular weight is 178 g/mol. The maximum atomic E-state index is 5.89. The summed E-state index contributed by atoms with van der Waals surface area (Å²) in [4.78, 5) is 4.04. The summed E-state index contributed by atoms with van der Waals surface area (Å²) in [6, 6.07) is 1.97. The monoisotopic (exact) mass is 178 g/mol. The molecule has 1 saturated carbocycles. The molecule has 0 amide bonds. The van der Waals surface area contributed by atoms with Gasteiger partial charge in [-0.15, -0.1) is 0 Å². The number of aromatic nitrogens is 1. The van der Waals surface area contributed by atoms with Gasteiger partial charge in [0.25, 0.3) is 0 Å². The molecular weight excluding hydrogens is 164 g/mol. The zero-order valence-corrected chi connectivity index (χ0v) is 7.79. The van der Waals surface area contributed by atoms with Gasteiger partial charge in [-0.25, -0.2) is 0 Å². The van der Waals surface area contributed by atoms with Gasteiger partial charge < -0.3 is 10.5 Å². The van der Waals surface area contributed by atoms with Crippen LogP contribution >= 0.6 is 0 Å². The molecule has 0 spiro atoms. The van der Waals surface area contributed by atoms with E-state index in [-0.39, 0.29) is 5.54 Å². The van der Waals surface area contributed by atoms with Crippen LogP contribution in [0.2, 0.25) is 0 Å². The second-order valence-corrected chi connectivity index (χ2v) is 3.85. The normalized spacial score (nSPS) is 18.3. The lowest BCUT2D eigenvalue weighted by Crippen LogP contribution is -2.29. The largest absolute Gasteiger partial charge is 0.490 e. The summed E-state index contributed by atoms with van der Waals surface area (Å²) in [6.07, 6.45) is 5.68. The lowest BCUT2D eigenvalue weighted by molar-refractivity contribution is 0.278. The van der Waals surface area contributed by atoms with E-state index in [0.717, 1.165) is 24.2 Å². The Kier molecular flexibility index (Phi) is 1.96. The molecule has 1 aromatic heterocycles. The minimum absolute atomic E-state index is 0.0518. The molecule has 3 heteroatoms. The molecule has 1 aliphatic carbocycles. The highest BCUT2D eigenvalue weighted by Crippen LogP contribution is 2.32. The topological polar surface area (TPSA) is 48.1 Å². The summed E-state index contributed by atoms with van der Waals surface area (Å²) < 4.78 is 5.53. The highest BCUT2D eigenvalue weighted by atomic mass is 16.5. The van der Waals surface area contributed by atoms with E-state index in [1.807, 2.05) is 19.2 Å². The lowest BCUT2D eigenvalue weighted by Gasteiger charge is -2.10. The number of hydrogen-bond donors (Lipinski definition) is 1. The molecule has 2 N–H and O–H groups in total. The summed E-state index contributed by atoms with van der Waals surface area (Å²) in [5.74, 6) is 0.816. The second kappa shape index (κ2) is 3.00. The van der Waals surface area contributed by atoms with Crippen LogP contribution < -0.4 is 10.5 Å². The number of hydrogen-bond acceptors (Lipinski definition) is 3. The average Bonchev–Trinajstić information content (AvgIpc) is 2.82. The first-order chi connectivity index (χ1) is 6.18. The van der Waals surface area contributed by atoms with Crippen molar-refractivity contribution in [2.45, 2.75) is 25.3 Å². The van der Waals surface area contributed by atoms with Crippen LogP contribution in [0.3, 0.4) is 0 Å². The molecule has 0 aliphatic heterocycles.